The van der Waals surface area contributed by atoms with Crippen LogP contribution >= 0.6 is 24.0 Å². The minimum atomic E-state index is -1.03. The molecule has 0 radical (unpaired) electrons. The maximum atomic E-state index is 11.4. The van der Waals surface area contributed by atoms with E-state index in [4.69, 9.17) is 12.2 Å². The van der Waals surface area contributed by atoms with E-state index in [2.05, 4.69) is 10.6 Å². The number of hydrogen-bond donors (Lipinski definition) is 3. The number of carbonyl (C=O) groups excluding carboxylic acids is 1. The summed E-state index contributed by atoms with van der Waals surface area (Å²) in [7, 11) is 0. The van der Waals surface area contributed by atoms with Crippen molar-refractivity contribution in [3.8, 4) is 0 Å². The quantitative estimate of drug-likeness (QED) is 0.503. The Hall–Kier alpha value is -1.28. The minimum absolute atomic E-state index is 0.0191. The van der Waals surface area contributed by atoms with Gasteiger partial charge in [-0.15, -0.1) is 11.8 Å². The maximum absolute atomic E-state index is 11.4. The largest absolute Gasteiger partial charge is 0.477 e. The summed E-state index contributed by atoms with van der Waals surface area (Å²) in [5, 5.41) is 15.7. The lowest BCUT2D eigenvalue weighted by Crippen LogP contribution is -2.48. The van der Waals surface area contributed by atoms with Gasteiger partial charge in [-0.1, -0.05) is 0 Å². The van der Waals surface area contributed by atoms with Gasteiger partial charge in [-0.2, -0.15) is 0 Å². The van der Waals surface area contributed by atoms with Crippen LogP contribution < -0.4 is 10.6 Å². The average Bonchev–Trinajstić information content (AvgIpc) is 2.62. The highest BCUT2D eigenvalue weighted by Crippen LogP contribution is 2.47. The van der Waals surface area contributed by atoms with E-state index in [-0.39, 0.29) is 17.0 Å². The SMILES string of the molecule is CCNC(=S)NCCC1=C(C(=O)O)N2C(=O)C[C@@H]2S1. The molecule has 2 aliphatic heterocycles. The normalized spacial score (nSPS) is 21.0. The van der Waals surface area contributed by atoms with Gasteiger partial charge in [-0.25, -0.2) is 4.79 Å². The summed E-state index contributed by atoms with van der Waals surface area (Å²) in [6.07, 6.45) is 0.978. The zero-order valence-corrected chi connectivity index (χ0v) is 12.1. The Bertz CT molecular complexity index is 464. The summed E-state index contributed by atoms with van der Waals surface area (Å²) >= 11 is 6.49. The zero-order valence-electron chi connectivity index (χ0n) is 10.4. The fourth-order valence-corrected chi connectivity index (χ4v) is 3.66. The molecule has 1 amide bonds. The number of thioether (sulfide) groups is 1. The number of aliphatic carboxylic acids is 1. The number of carbonyl (C=O) groups is 2. The van der Waals surface area contributed by atoms with Crippen molar-refractivity contribution < 1.29 is 14.7 Å². The molecule has 0 aromatic heterocycles. The fourth-order valence-electron chi connectivity index (χ4n) is 2.02. The van der Waals surface area contributed by atoms with E-state index >= 15 is 0 Å². The van der Waals surface area contributed by atoms with Gasteiger partial charge in [0.2, 0.25) is 5.91 Å². The summed E-state index contributed by atoms with van der Waals surface area (Å²) < 4.78 is 0. The highest BCUT2D eigenvalue weighted by molar-refractivity contribution is 8.04. The topological polar surface area (TPSA) is 81.7 Å². The van der Waals surface area contributed by atoms with Crippen LogP contribution in [0, 0.1) is 0 Å². The highest BCUT2D eigenvalue weighted by Gasteiger charge is 2.47. The van der Waals surface area contributed by atoms with Crippen molar-refractivity contribution in [1.82, 2.24) is 15.5 Å². The second-order valence-electron chi connectivity index (χ2n) is 4.15. The molecule has 1 fully saturated rings. The van der Waals surface area contributed by atoms with Crippen molar-refractivity contribution in [3.05, 3.63) is 10.6 Å². The Morgan fingerprint density at radius 3 is 2.89 bits per heavy atom. The molecule has 0 unspecified atom stereocenters. The second-order valence-corrected chi connectivity index (χ2v) is 5.83. The summed E-state index contributed by atoms with van der Waals surface area (Å²) in [6.45, 7) is 3.25. The zero-order chi connectivity index (χ0) is 14.0. The Balaban J connectivity index is 1.94. The summed E-state index contributed by atoms with van der Waals surface area (Å²) in [6, 6.07) is 0. The van der Waals surface area contributed by atoms with Crippen LogP contribution in [-0.2, 0) is 9.59 Å². The van der Waals surface area contributed by atoms with Gasteiger partial charge >= 0.3 is 5.97 Å². The monoisotopic (exact) mass is 301 g/mol. The van der Waals surface area contributed by atoms with Crippen molar-refractivity contribution in [2.45, 2.75) is 25.1 Å². The van der Waals surface area contributed by atoms with Gasteiger partial charge in [0.1, 0.15) is 5.70 Å². The predicted molar refractivity (Wildman–Crippen MR) is 76.4 cm³/mol. The molecule has 0 saturated carbocycles. The predicted octanol–water partition coefficient (Wildman–Crippen LogP) is 0.462. The lowest BCUT2D eigenvalue weighted by Gasteiger charge is -2.33. The number of nitrogens with one attached hydrogen (secondary N) is 2. The molecule has 104 valence electrons. The van der Waals surface area contributed by atoms with E-state index in [1.165, 1.54) is 16.7 Å². The molecule has 0 aromatic rings. The Morgan fingerprint density at radius 2 is 2.32 bits per heavy atom. The first-order valence-corrected chi connectivity index (χ1v) is 7.30. The summed E-state index contributed by atoms with van der Waals surface area (Å²) in [4.78, 5) is 24.8. The highest BCUT2D eigenvalue weighted by atomic mass is 32.2. The van der Waals surface area contributed by atoms with Crippen molar-refractivity contribution >= 4 is 41.0 Å². The number of carboxylic acid groups (broad SMARTS) is 1. The lowest BCUT2D eigenvalue weighted by molar-refractivity contribution is -0.145. The van der Waals surface area contributed by atoms with Gasteiger partial charge in [0, 0.05) is 18.0 Å². The summed E-state index contributed by atoms with van der Waals surface area (Å²) in [5.74, 6) is -1.15. The summed E-state index contributed by atoms with van der Waals surface area (Å²) in [5.41, 5.74) is 0.141. The van der Waals surface area contributed by atoms with Gasteiger partial charge in [-0.3, -0.25) is 9.69 Å². The number of carboxylic acids is 1. The number of thiocarbonyl (C=S) groups is 1. The molecule has 0 bridgehead atoms. The molecule has 2 rings (SSSR count). The Labute approximate surface area is 120 Å². The van der Waals surface area contributed by atoms with Gasteiger partial charge in [-0.05, 0) is 25.6 Å². The van der Waals surface area contributed by atoms with Crippen LogP contribution in [0.25, 0.3) is 0 Å². The van der Waals surface area contributed by atoms with Crippen LogP contribution in [0.15, 0.2) is 10.6 Å². The van der Waals surface area contributed by atoms with E-state index in [9.17, 15) is 14.7 Å². The number of β-lactam (4-membered cyclic amide) rings is 1. The van der Waals surface area contributed by atoms with E-state index in [1.807, 2.05) is 6.92 Å². The molecular weight excluding hydrogens is 286 g/mol. The number of rotatable bonds is 5. The molecule has 0 aliphatic carbocycles. The van der Waals surface area contributed by atoms with Crippen LogP contribution in [0.2, 0.25) is 0 Å². The number of hydrogen-bond acceptors (Lipinski definition) is 4. The van der Waals surface area contributed by atoms with Crippen LogP contribution in [-0.4, -0.2) is 45.5 Å². The molecule has 6 nitrogen and oxygen atoms in total. The lowest BCUT2D eigenvalue weighted by atomic mass is 10.1. The molecule has 2 heterocycles. The van der Waals surface area contributed by atoms with Crippen LogP contribution in [0.3, 0.4) is 0 Å². The first kappa shape index (κ1) is 14.1. The Morgan fingerprint density at radius 1 is 1.58 bits per heavy atom. The molecule has 1 atom stereocenters. The van der Waals surface area contributed by atoms with Gasteiger partial charge in [0.05, 0.1) is 11.8 Å². The van der Waals surface area contributed by atoms with Crippen molar-refractivity contribution in [2.24, 2.45) is 0 Å². The van der Waals surface area contributed by atoms with Crippen LogP contribution in [0.1, 0.15) is 19.8 Å². The third-order valence-corrected chi connectivity index (χ3v) is 4.49. The number of nitrogens with zero attached hydrogens (tertiary/aromatic N) is 1. The van der Waals surface area contributed by atoms with E-state index in [1.54, 1.807) is 0 Å². The molecular formula is C11H15N3O3S2. The van der Waals surface area contributed by atoms with E-state index < -0.39 is 5.97 Å². The van der Waals surface area contributed by atoms with Crippen LogP contribution in [0.4, 0.5) is 0 Å². The first-order chi connectivity index (χ1) is 9.04. The van der Waals surface area contributed by atoms with Crippen molar-refractivity contribution in [1.29, 1.82) is 0 Å². The molecule has 0 spiro atoms. The molecule has 0 aromatic carbocycles. The number of fused-ring (bicyclic) bond motifs is 1. The number of amides is 1. The van der Waals surface area contributed by atoms with E-state index in [0.29, 0.717) is 24.5 Å². The average molecular weight is 301 g/mol. The smallest absolute Gasteiger partial charge is 0.353 e. The second kappa shape index (κ2) is 5.79. The third-order valence-electron chi connectivity index (χ3n) is 2.87. The fraction of sp³-hybridized carbons (Fsp3) is 0.545. The van der Waals surface area contributed by atoms with Gasteiger partial charge in [0.15, 0.2) is 5.11 Å². The van der Waals surface area contributed by atoms with Gasteiger partial charge < -0.3 is 15.7 Å². The first-order valence-electron chi connectivity index (χ1n) is 6.01. The maximum Gasteiger partial charge on any atom is 0.353 e. The Kier molecular flexibility index (Phi) is 4.31. The van der Waals surface area contributed by atoms with Crippen molar-refractivity contribution in [3.63, 3.8) is 0 Å². The van der Waals surface area contributed by atoms with Crippen LogP contribution in [0.5, 0.6) is 0 Å². The van der Waals surface area contributed by atoms with E-state index in [0.717, 1.165) is 11.4 Å². The molecule has 1 saturated heterocycles. The van der Waals surface area contributed by atoms with Crippen molar-refractivity contribution in [2.75, 3.05) is 13.1 Å². The minimum Gasteiger partial charge on any atom is -0.477 e. The molecule has 8 heteroatoms. The molecule has 3 N–H and O–H groups in total. The molecule has 19 heavy (non-hydrogen) atoms. The third kappa shape index (κ3) is 2.84. The van der Waals surface area contributed by atoms with Gasteiger partial charge in [0.25, 0.3) is 0 Å². The standard InChI is InChI=1S/C11H15N3O3S2/c1-2-12-11(18)13-4-3-6-9(10(16)17)14-7(15)5-8(14)19-6/h8H,2-5H2,1H3,(H,16,17)(H2,12,13,18)/t8-/m0/s1. The molecule has 2 aliphatic rings.